The van der Waals surface area contributed by atoms with Crippen molar-refractivity contribution >= 4 is 17.6 Å². The molecule has 1 aliphatic rings. The van der Waals surface area contributed by atoms with E-state index < -0.39 is 11.6 Å². The van der Waals surface area contributed by atoms with Gasteiger partial charge in [-0.1, -0.05) is 19.3 Å². The summed E-state index contributed by atoms with van der Waals surface area (Å²) in [6.45, 7) is 0.175. The van der Waals surface area contributed by atoms with E-state index in [-0.39, 0.29) is 36.6 Å². The summed E-state index contributed by atoms with van der Waals surface area (Å²) < 4.78 is 25.8. The van der Waals surface area contributed by atoms with Crippen LogP contribution in [0.25, 0.3) is 0 Å². The highest BCUT2D eigenvalue weighted by Gasteiger charge is 2.15. The zero-order valence-corrected chi connectivity index (χ0v) is 12.8. The third-order valence-corrected chi connectivity index (χ3v) is 3.78. The van der Waals surface area contributed by atoms with E-state index in [2.05, 4.69) is 16.0 Å². The second-order valence-electron chi connectivity index (χ2n) is 5.66. The molecule has 0 unspecified atom stereocenters. The van der Waals surface area contributed by atoms with Crippen molar-refractivity contribution in [3.63, 3.8) is 0 Å². The van der Waals surface area contributed by atoms with Crippen LogP contribution >= 0.6 is 0 Å². The van der Waals surface area contributed by atoms with Crippen LogP contribution in [0.2, 0.25) is 0 Å². The molecule has 0 saturated heterocycles. The minimum atomic E-state index is -1.02. The first kappa shape index (κ1) is 17.2. The van der Waals surface area contributed by atoms with Crippen LogP contribution in [-0.4, -0.2) is 24.5 Å². The molecule has 1 aromatic rings. The molecule has 0 aliphatic heterocycles. The minimum absolute atomic E-state index is 0.0527. The SMILES string of the molecule is O=C(CCNC(=O)NC1CCCCC1)Nc1ccc(F)c(F)c1. The highest BCUT2D eigenvalue weighted by Crippen LogP contribution is 2.17. The number of carbonyl (C=O) groups excluding carboxylic acids is 2. The molecule has 1 fully saturated rings. The van der Waals surface area contributed by atoms with Gasteiger partial charge in [0.2, 0.25) is 5.91 Å². The number of hydrogen-bond donors (Lipinski definition) is 3. The Morgan fingerprint density at radius 3 is 2.52 bits per heavy atom. The fourth-order valence-electron chi connectivity index (χ4n) is 2.57. The number of halogens is 2. The Labute approximate surface area is 133 Å². The van der Waals surface area contributed by atoms with E-state index in [1.54, 1.807) is 0 Å². The summed E-state index contributed by atoms with van der Waals surface area (Å²) in [6.07, 6.45) is 5.50. The average Bonchev–Trinajstić information content (AvgIpc) is 2.52. The molecule has 0 atom stereocenters. The van der Waals surface area contributed by atoms with Crippen LogP contribution < -0.4 is 16.0 Å². The van der Waals surface area contributed by atoms with Crippen LogP contribution in [0.15, 0.2) is 18.2 Å². The van der Waals surface area contributed by atoms with E-state index in [1.807, 2.05) is 0 Å². The molecule has 0 heterocycles. The second kappa shape index (κ2) is 8.45. The predicted molar refractivity (Wildman–Crippen MR) is 83.0 cm³/mol. The number of amides is 3. The van der Waals surface area contributed by atoms with E-state index in [4.69, 9.17) is 0 Å². The van der Waals surface area contributed by atoms with Crippen molar-refractivity contribution in [1.82, 2.24) is 10.6 Å². The highest BCUT2D eigenvalue weighted by atomic mass is 19.2. The quantitative estimate of drug-likeness (QED) is 0.779. The number of carbonyl (C=O) groups is 2. The Bertz CT molecular complexity index is 560. The Morgan fingerprint density at radius 2 is 1.83 bits per heavy atom. The normalized spacial score (nSPS) is 15.0. The number of nitrogens with one attached hydrogen (secondary N) is 3. The van der Waals surface area contributed by atoms with Gasteiger partial charge in [0.15, 0.2) is 11.6 Å². The average molecular weight is 325 g/mol. The summed E-state index contributed by atoms with van der Waals surface area (Å²) in [5.74, 6) is -2.37. The van der Waals surface area contributed by atoms with Gasteiger partial charge in [-0.2, -0.15) is 0 Å². The van der Waals surface area contributed by atoms with Crippen molar-refractivity contribution < 1.29 is 18.4 Å². The fraction of sp³-hybridized carbons (Fsp3) is 0.500. The molecule has 3 amide bonds. The molecule has 0 spiro atoms. The molecule has 3 N–H and O–H groups in total. The van der Waals surface area contributed by atoms with Crippen molar-refractivity contribution in [2.45, 2.75) is 44.6 Å². The summed E-state index contributed by atoms with van der Waals surface area (Å²) >= 11 is 0. The monoisotopic (exact) mass is 325 g/mol. The van der Waals surface area contributed by atoms with Gasteiger partial charge in [-0.05, 0) is 25.0 Å². The molecule has 126 valence electrons. The smallest absolute Gasteiger partial charge is 0.315 e. The fourth-order valence-corrected chi connectivity index (χ4v) is 2.57. The lowest BCUT2D eigenvalue weighted by atomic mass is 9.96. The summed E-state index contributed by atoms with van der Waals surface area (Å²) in [5.41, 5.74) is 0.181. The van der Waals surface area contributed by atoms with E-state index in [0.717, 1.165) is 37.8 Å². The Morgan fingerprint density at radius 1 is 1.09 bits per heavy atom. The van der Waals surface area contributed by atoms with E-state index >= 15 is 0 Å². The molecule has 1 saturated carbocycles. The zero-order chi connectivity index (χ0) is 16.7. The van der Waals surface area contributed by atoms with Crippen LogP contribution in [0.4, 0.5) is 19.3 Å². The molecule has 2 rings (SSSR count). The van der Waals surface area contributed by atoms with Crippen molar-refractivity contribution in [3.05, 3.63) is 29.8 Å². The minimum Gasteiger partial charge on any atom is -0.338 e. The maximum absolute atomic E-state index is 13.0. The molecule has 23 heavy (non-hydrogen) atoms. The Balaban J connectivity index is 1.65. The Hall–Kier alpha value is -2.18. The van der Waals surface area contributed by atoms with Gasteiger partial charge < -0.3 is 16.0 Å². The van der Waals surface area contributed by atoms with E-state index in [9.17, 15) is 18.4 Å². The van der Waals surface area contributed by atoms with Crippen molar-refractivity contribution in [2.24, 2.45) is 0 Å². The van der Waals surface area contributed by atoms with Crippen LogP contribution in [-0.2, 0) is 4.79 Å². The van der Waals surface area contributed by atoms with Gasteiger partial charge >= 0.3 is 6.03 Å². The van der Waals surface area contributed by atoms with Gasteiger partial charge in [-0.25, -0.2) is 13.6 Å². The Kier molecular flexibility index (Phi) is 6.31. The van der Waals surface area contributed by atoms with Gasteiger partial charge in [-0.15, -0.1) is 0 Å². The van der Waals surface area contributed by atoms with Gasteiger partial charge in [0.25, 0.3) is 0 Å². The molecular weight excluding hydrogens is 304 g/mol. The second-order valence-corrected chi connectivity index (χ2v) is 5.66. The largest absolute Gasteiger partial charge is 0.338 e. The lowest BCUT2D eigenvalue weighted by Crippen LogP contribution is -2.43. The number of hydrogen-bond acceptors (Lipinski definition) is 2. The summed E-state index contributed by atoms with van der Waals surface area (Å²) in [6, 6.07) is 3.06. The van der Waals surface area contributed by atoms with Gasteiger partial charge in [0.05, 0.1) is 0 Å². The molecule has 1 aromatic carbocycles. The highest BCUT2D eigenvalue weighted by molar-refractivity contribution is 5.91. The molecular formula is C16H21F2N3O2. The summed E-state index contributed by atoms with van der Waals surface area (Å²) in [7, 11) is 0. The van der Waals surface area contributed by atoms with Crippen molar-refractivity contribution in [3.8, 4) is 0 Å². The lowest BCUT2D eigenvalue weighted by Gasteiger charge is -2.22. The molecule has 0 radical (unpaired) electrons. The third-order valence-electron chi connectivity index (χ3n) is 3.78. The lowest BCUT2D eigenvalue weighted by molar-refractivity contribution is -0.116. The van der Waals surface area contributed by atoms with Crippen LogP contribution in [0.3, 0.4) is 0 Å². The van der Waals surface area contributed by atoms with Crippen molar-refractivity contribution in [2.75, 3.05) is 11.9 Å². The topological polar surface area (TPSA) is 70.2 Å². The van der Waals surface area contributed by atoms with E-state index in [0.29, 0.717) is 0 Å². The van der Waals surface area contributed by atoms with Crippen LogP contribution in [0.1, 0.15) is 38.5 Å². The third kappa shape index (κ3) is 5.84. The first-order valence-electron chi connectivity index (χ1n) is 7.84. The van der Waals surface area contributed by atoms with Gasteiger partial charge in [-0.3, -0.25) is 4.79 Å². The standard InChI is InChI=1S/C16H21F2N3O2/c17-13-7-6-12(10-14(13)18)20-15(22)8-9-19-16(23)21-11-4-2-1-3-5-11/h6-7,10-11H,1-5,8-9H2,(H,20,22)(H2,19,21,23). The molecule has 0 bridgehead atoms. The maximum Gasteiger partial charge on any atom is 0.315 e. The van der Waals surface area contributed by atoms with Crippen molar-refractivity contribution in [1.29, 1.82) is 0 Å². The summed E-state index contributed by atoms with van der Waals surface area (Å²) in [4.78, 5) is 23.4. The maximum atomic E-state index is 13.0. The first-order chi connectivity index (χ1) is 11.0. The molecule has 0 aromatic heterocycles. The zero-order valence-electron chi connectivity index (χ0n) is 12.8. The van der Waals surface area contributed by atoms with Crippen LogP contribution in [0.5, 0.6) is 0 Å². The van der Waals surface area contributed by atoms with Crippen LogP contribution in [0, 0.1) is 11.6 Å². The molecule has 7 heteroatoms. The number of rotatable bonds is 5. The predicted octanol–water partition coefficient (Wildman–Crippen LogP) is 2.93. The van der Waals surface area contributed by atoms with E-state index in [1.165, 1.54) is 12.5 Å². The molecule has 5 nitrogen and oxygen atoms in total. The number of urea groups is 1. The van der Waals surface area contributed by atoms with Gasteiger partial charge in [0.1, 0.15) is 0 Å². The van der Waals surface area contributed by atoms with Gasteiger partial charge in [0, 0.05) is 30.8 Å². The number of anilines is 1. The molecule has 1 aliphatic carbocycles. The first-order valence-corrected chi connectivity index (χ1v) is 7.84. The number of benzene rings is 1. The summed E-state index contributed by atoms with van der Waals surface area (Å²) in [5, 5.41) is 7.95.